The second-order valence-corrected chi connectivity index (χ2v) is 12.6. The van der Waals surface area contributed by atoms with Crippen molar-refractivity contribution in [3.63, 3.8) is 0 Å². The zero-order valence-electron chi connectivity index (χ0n) is 28.3. The van der Waals surface area contributed by atoms with Gasteiger partial charge in [0, 0.05) is 5.92 Å². The first-order valence-corrected chi connectivity index (χ1v) is 15.9. The van der Waals surface area contributed by atoms with Gasteiger partial charge in [-0.2, -0.15) is 0 Å². The van der Waals surface area contributed by atoms with Crippen LogP contribution in [0.4, 0.5) is 0 Å². The molecule has 0 saturated heterocycles. The average Bonchev–Trinajstić information content (AvgIpc) is 3.40. The van der Waals surface area contributed by atoms with E-state index in [1.54, 1.807) is 0 Å². The summed E-state index contributed by atoms with van der Waals surface area (Å²) in [5.41, 5.74) is 14.9. The number of benzene rings is 3. The first-order chi connectivity index (χ1) is 19.9. The smallest absolute Gasteiger partial charge is 0.0237 e. The molecule has 1 aliphatic rings. The summed E-state index contributed by atoms with van der Waals surface area (Å²) in [6.45, 7) is 29.8. The van der Waals surface area contributed by atoms with Crippen LogP contribution in [0, 0.1) is 19.3 Å². The average molecular weight is 561 g/mol. The Hall–Kier alpha value is -3.38. The van der Waals surface area contributed by atoms with E-state index in [2.05, 4.69) is 147 Å². The van der Waals surface area contributed by atoms with Gasteiger partial charge in [0.1, 0.15) is 0 Å². The van der Waals surface area contributed by atoms with Gasteiger partial charge in [-0.15, -0.1) is 0 Å². The fourth-order valence-electron chi connectivity index (χ4n) is 5.27. The van der Waals surface area contributed by atoms with Gasteiger partial charge in [-0.3, -0.25) is 0 Å². The molecule has 0 saturated carbocycles. The van der Waals surface area contributed by atoms with Crippen molar-refractivity contribution in [1.29, 1.82) is 0 Å². The van der Waals surface area contributed by atoms with Crippen molar-refractivity contribution in [2.75, 3.05) is 0 Å². The second kappa shape index (κ2) is 16.3. The molecule has 0 fully saturated rings. The van der Waals surface area contributed by atoms with E-state index in [0.29, 0.717) is 5.92 Å². The van der Waals surface area contributed by atoms with Crippen LogP contribution in [0.2, 0.25) is 0 Å². The number of aryl methyl sites for hydroxylation is 4. The maximum absolute atomic E-state index is 4.13. The Bertz CT molecular complexity index is 1380. The molecule has 224 valence electrons. The van der Waals surface area contributed by atoms with Crippen LogP contribution in [-0.4, -0.2) is 0 Å². The molecule has 0 N–H and O–H groups in total. The highest BCUT2D eigenvalue weighted by molar-refractivity contribution is 5.63. The predicted octanol–water partition coefficient (Wildman–Crippen LogP) is 12.7. The topological polar surface area (TPSA) is 0 Å². The summed E-state index contributed by atoms with van der Waals surface area (Å²) in [7, 11) is 0. The Morgan fingerprint density at radius 1 is 0.762 bits per heavy atom. The molecule has 0 amide bonds. The molecule has 3 aromatic carbocycles. The van der Waals surface area contributed by atoms with Gasteiger partial charge in [-0.1, -0.05) is 162 Å². The van der Waals surface area contributed by atoms with Crippen LogP contribution < -0.4 is 0 Å². The molecule has 0 heterocycles. The van der Waals surface area contributed by atoms with Crippen LogP contribution >= 0.6 is 0 Å². The molecular weight excluding hydrogens is 504 g/mol. The quantitative estimate of drug-likeness (QED) is 0.257. The maximum Gasteiger partial charge on any atom is 0.0237 e. The molecule has 0 heteroatoms. The van der Waals surface area contributed by atoms with Crippen molar-refractivity contribution in [2.45, 2.75) is 101 Å². The number of rotatable bonds is 8. The van der Waals surface area contributed by atoms with Gasteiger partial charge in [-0.05, 0) is 91.3 Å². The number of hydrogen-bond donors (Lipinski definition) is 0. The number of hydrogen-bond acceptors (Lipinski definition) is 0. The summed E-state index contributed by atoms with van der Waals surface area (Å²) in [6.07, 6.45) is 9.50. The van der Waals surface area contributed by atoms with Gasteiger partial charge >= 0.3 is 0 Å². The molecule has 0 nitrogen and oxygen atoms in total. The second-order valence-electron chi connectivity index (χ2n) is 12.6. The van der Waals surface area contributed by atoms with E-state index in [4.69, 9.17) is 0 Å². The van der Waals surface area contributed by atoms with Crippen LogP contribution in [0.5, 0.6) is 0 Å². The molecule has 0 aromatic heterocycles. The standard InChI is InChI=1S/C29H34.C11H16.C2H6/c1-20(2)23-14-11-22(12-15-23)13-16-26-18-27(29(5,6)7)19-28(26)25-10-8-9-24(17-25)21(3)4;1-4-5-11-7-6-9(2)8-10(11)3;1-2/h8-12,14-15,17-19,28H,1,3,13,16H2,2,4-7H3;6-8H,4-5H2,1-3H3;1-2H3. The lowest BCUT2D eigenvalue weighted by atomic mass is 9.86. The Morgan fingerprint density at radius 2 is 1.40 bits per heavy atom. The van der Waals surface area contributed by atoms with E-state index in [-0.39, 0.29) is 5.41 Å². The van der Waals surface area contributed by atoms with Crippen molar-refractivity contribution >= 4 is 11.1 Å². The summed E-state index contributed by atoms with van der Waals surface area (Å²) in [4.78, 5) is 0. The third kappa shape index (κ3) is 10.2. The largest absolute Gasteiger partial charge is 0.0955 e. The molecule has 42 heavy (non-hydrogen) atoms. The first-order valence-electron chi connectivity index (χ1n) is 15.9. The van der Waals surface area contributed by atoms with E-state index in [9.17, 15) is 0 Å². The van der Waals surface area contributed by atoms with Gasteiger partial charge in [-0.25, -0.2) is 0 Å². The minimum Gasteiger partial charge on any atom is -0.0955 e. The zero-order chi connectivity index (χ0) is 31.4. The minimum absolute atomic E-state index is 0.162. The third-order valence-electron chi connectivity index (χ3n) is 7.86. The molecule has 1 aliphatic carbocycles. The molecular formula is C42H56. The van der Waals surface area contributed by atoms with E-state index in [1.165, 1.54) is 62.9 Å². The highest BCUT2D eigenvalue weighted by Gasteiger charge is 2.26. The van der Waals surface area contributed by atoms with Crippen molar-refractivity contribution < 1.29 is 0 Å². The van der Waals surface area contributed by atoms with Crippen molar-refractivity contribution in [3.8, 4) is 0 Å². The molecule has 1 unspecified atom stereocenters. The molecule has 0 radical (unpaired) electrons. The van der Waals surface area contributed by atoms with E-state index in [1.807, 2.05) is 13.8 Å². The summed E-state index contributed by atoms with van der Waals surface area (Å²) < 4.78 is 0. The normalized spacial score (nSPS) is 14.1. The van der Waals surface area contributed by atoms with Gasteiger partial charge in [0.05, 0.1) is 0 Å². The molecule has 0 bridgehead atoms. The van der Waals surface area contributed by atoms with Crippen molar-refractivity contribution in [1.82, 2.24) is 0 Å². The minimum atomic E-state index is 0.162. The van der Waals surface area contributed by atoms with Crippen molar-refractivity contribution in [3.05, 3.63) is 142 Å². The van der Waals surface area contributed by atoms with E-state index in [0.717, 1.165) is 24.0 Å². The molecule has 1 atom stereocenters. The highest BCUT2D eigenvalue weighted by Crippen LogP contribution is 2.42. The predicted molar refractivity (Wildman–Crippen MR) is 190 cm³/mol. The van der Waals surface area contributed by atoms with Gasteiger partial charge < -0.3 is 0 Å². The van der Waals surface area contributed by atoms with E-state index < -0.39 is 0 Å². The van der Waals surface area contributed by atoms with Crippen molar-refractivity contribution in [2.24, 2.45) is 5.41 Å². The SMILES string of the molecule is C=C(C)c1ccc(CCC2=CC(C(C)(C)C)=CC2c2cccc(C(=C)C)c2)cc1.CC.CCCc1ccc(C)cc1C. The maximum atomic E-state index is 4.13. The lowest BCUT2D eigenvalue weighted by Gasteiger charge is -2.18. The fourth-order valence-corrected chi connectivity index (χ4v) is 5.27. The molecule has 0 aliphatic heterocycles. The zero-order valence-corrected chi connectivity index (χ0v) is 28.3. The Kier molecular flexibility index (Phi) is 13.5. The van der Waals surface area contributed by atoms with Crippen LogP contribution in [0.15, 0.2) is 103 Å². The lowest BCUT2D eigenvalue weighted by molar-refractivity contribution is 0.517. The number of allylic oxidation sites excluding steroid dienone is 6. The summed E-state index contributed by atoms with van der Waals surface area (Å²) >= 11 is 0. The van der Waals surface area contributed by atoms with Gasteiger partial charge in [0.2, 0.25) is 0 Å². The third-order valence-corrected chi connectivity index (χ3v) is 7.86. The van der Waals surface area contributed by atoms with Crippen LogP contribution in [0.1, 0.15) is 113 Å². The Morgan fingerprint density at radius 3 is 1.95 bits per heavy atom. The monoisotopic (exact) mass is 560 g/mol. The fraction of sp³-hybridized carbons (Fsp3) is 0.381. The molecule has 0 spiro atoms. The van der Waals surface area contributed by atoms with Crippen LogP contribution in [-0.2, 0) is 12.8 Å². The van der Waals surface area contributed by atoms with Gasteiger partial charge in [0.15, 0.2) is 0 Å². The van der Waals surface area contributed by atoms with Crippen LogP contribution in [0.25, 0.3) is 11.1 Å². The molecule has 3 aromatic rings. The van der Waals surface area contributed by atoms with Crippen LogP contribution in [0.3, 0.4) is 0 Å². The highest BCUT2D eigenvalue weighted by atomic mass is 14.3. The first kappa shape index (κ1) is 34.8. The Labute approximate surface area is 259 Å². The summed E-state index contributed by atoms with van der Waals surface area (Å²) in [5, 5.41) is 0. The molecule has 4 rings (SSSR count). The van der Waals surface area contributed by atoms with Gasteiger partial charge in [0.25, 0.3) is 0 Å². The van der Waals surface area contributed by atoms with E-state index >= 15 is 0 Å². The summed E-state index contributed by atoms with van der Waals surface area (Å²) in [6, 6.07) is 24.4. The summed E-state index contributed by atoms with van der Waals surface area (Å²) in [5.74, 6) is 0.359. The Balaban J connectivity index is 0.000000396. The lowest BCUT2D eigenvalue weighted by Crippen LogP contribution is -2.06.